The van der Waals surface area contributed by atoms with Crippen molar-refractivity contribution in [1.82, 2.24) is 10.2 Å². The van der Waals surface area contributed by atoms with Gasteiger partial charge in [-0.3, -0.25) is 0 Å². The predicted octanol–water partition coefficient (Wildman–Crippen LogP) is 4.22. The van der Waals surface area contributed by atoms with Crippen LogP contribution in [0.3, 0.4) is 0 Å². The van der Waals surface area contributed by atoms with Gasteiger partial charge in [-0.25, -0.2) is 9.18 Å². The highest BCUT2D eigenvalue weighted by Gasteiger charge is 2.20. The van der Waals surface area contributed by atoms with E-state index in [-0.39, 0.29) is 16.9 Å². The highest BCUT2D eigenvalue weighted by atomic mass is 35.5. The SMILES string of the molecule is CCN(CCCNCc1cccc(Cl)c1F)C(=O)OC(C)(C)C. The molecule has 23 heavy (non-hydrogen) atoms. The van der Waals surface area contributed by atoms with Gasteiger partial charge in [0.15, 0.2) is 0 Å². The van der Waals surface area contributed by atoms with Crippen LogP contribution in [0.1, 0.15) is 39.7 Å². The molecule has 4 nitrogen and oxygen atoms in total. The van der Waals surface area contributed by atoms with E-state index in [1.54, 1.807) is 17.0 Å². The Kier molecular flexibility index (Phi) is 7.79. The summed E-state index contributed by atoms with van der Waals surface area (Å²) in [5.41, 5.74) is 0.0457. The van der Waals surface area contributed by atoms with Crippen molar-refractivity contribution in [3.63, 3.8) is 0 Å². The van der Waals surface area contributed by atoms with Crippen LogP contribution in [-0.2, 0) is 11.3 Å². The van der Waals surface area contributed by atoms with Crippen molar-refractivity contribution in [2.45, 2.75) is 46.3 Å². The molecule has 1 amide bonds. The highest BCUT2D eigenvalue weighted by molar-refractivity contribution is 6.30. The summed E-state index contributed by atoms with van der Waals surface area (Å²) < 4.78 is 19.1. The average Bonchev–Trinajstić information content (AvgIpc) is 2.45. The molecule has 0 aromatic heterocycles. The van der Waals surface area contributed by atoms with E-state index in [1.807, 2.05) is 27.7 Å². The van der Waals surface area contributed by atoms with Crippen LogP contribution in [0.4, 0.5) is 9.18 Å². The van der Waals surface area contributed by atoms with Gasteiger partial charge < -0.3 is 15.0 Å². The first-order valence-corrected chi connectivity index (χ1v) is 8.24. The van der Waals surface area contributed by atoms with Crippen molar-refractivity contribution >= 4 is 17.7 Å². The van der Waals surface area contributed by atoms with Crippen LogP contribution < -0.4 is 5.32 Å². The van der Waals surface area contributed by atoms with Crippen molar-refractivity contribution in [3.05, 3.63) is 34.6 Å². The summed E-state index contributed by atoms with van der Waals surface area (Å²) in [5.74, 6) is -0.384. The number of benzene rings is 1. The van der Waals surface area contributed by atoms with E-state index in [2.05, 4.69) is 5.32 Å². The van der Waals surface area contributed by atoms with E-state index >= 15 is 0 Å². The average molecular weight is 345 g/mol. The van der Waals surface area contributed by atoms with Crippen LogP contribution in [-0.4, -0.2) is 36.2 Å². The molecule has 130 valence electrons. The van der Waals surface area contributed by atoms with Crippen molar-refractivity contribution in [2.24, 2.45) is 0 Å². The molecule has 0 atom stereocenters. The van der Waals surface area contributed by atoms with Crippen LogP contribution >= 0.6 is 11.6 Å². The summed E-state index contributed by atoms with van der Waals surface area (Å²) in [6.45, 7) is 9.72. The Morgan fingerprint density at radius 3 is 2.70 bits per heavy atom. The second-order valence-electron chi connectivity index (χ2n) is 6.30. The normalized spacial score (nSPS) is 11.4. The number of ether oxygens (including phenoxy) is 1. The second kappa shape index (κ2) is 9.08. The van der Waals surface area contributed by atoms with Crippen molar-refractivity contribution in [3.8, 4) is 0 Å². The van der Waals surface area contributed by atoms with E-state index < -0.39 is 5.60 Å². The molecule has 6 heteroatoms. The van der Waals surface area contributed by atoms with Gasteiger partial charge >= 0.3 is 6.09 Å². The number of carbonyl (C=O) groups is 1. The molecule has 0 saturated carbocycles. The lowest BCUT2D eigenvalue weighted by Crippen LogP contribution is -2.38. The lowest BCUT2D eigenvalue weighted by Gasteiger charge is -2.26. The molecule has 0 heterocycles. The molecule has 0 saturated heterocycles. The van der Waals surface area contributed by atoms with Gasteiger partial charge in [-0.15, -0.1) is 0 Å². The summed E-state index contributed by atoms with van der Waals surface area (Å²) in [5, 5.41) is 3.29. The molecular formula is C17H26ClFN2O2. The molecule has 0 fully saturated rings. The minimum absolute atomic E-state index is 0.131. The number of hydrogen-bond donors (Lipinski definition) is 1. The first-order valence-electron chi connectivity index (χ1n) is 7.86. The van der Waals surface area contributed by atoms with Crippen LogP contribution in [0, 0.1) is 5.82 Å². The first kappa shape index (κ1) is 19.7. The summed E-state index contributed by atoms with van der Waals surface area (Å²) in [6, 6.07) is 4.96. The third kappa shape index (κ3) is 7.18. The smallest absolute Gasteiger partial charge is 0.410 e. The molecule has 0 aliphatic heterocycles. The number of nitrogens with zero attached hydrogens (tertiary/aromatic N) is 1. The van der Waals surface area contributed by atoms with E-state index in [0.717, 1.165) is 6.42 Å². The number of carbonyl (C=O) groups excluding carboxylic acids is 1. The number of amides is 1. The monoisotopic (exact) mass is 344 g/mol. The second-order valence-corrected chi connectivity index (χ2v) is 6.71. The maximum Gasteiger partial charge on any atom is 0.410 e. The van der Waals surface area contributed by atoms with Gasteiger partial charge in [-0.05, 0) is 46.7 Å². The molecule has 0 spiro atoms. The number of halogens is 2. The Morgan fingerprint density at radius 1 is 1.39 bits per heavy atom. The zero-order valence-corrected chi connectivity index (χ0v) is 15.0. The number of nitrogens with one attached hydrogen (secondary N) is 1. The Bertz CT molecular complexity index is 518. The zero-order valence-electron chi connectivity index (χ0n) is 14.3. The van der Waals surface area contributed by atoms with Gasteiger partial charge in [0.2, 0.25) is 0 Å². The van der Waals surface area contributed by atoms with Gasteiger partial charge in [-0.2, -0.15) is 0 Å². The van der Waals surface area contributed by atoms with Gasteiger partial charge in [0.05, 0.1) is 5.02 Å². The van der Waals surface area contributed by atoms with E-state index in [4.69, 9.17) is 16.3 Å². The minimum atomic E-state index is -0.493. The quantitative estimate of drug-likeness (QED) is 0.753. The summed E-state index contributed by atoms with van der Waals surface area (Å²) in [6.07, 6.45) is 0.454. The lowest BCUT2D eigenvalue weighted by molar-refractivity contribution is 0.0258. The van der Waals surface area contributed by atoms with Gasteiger partial charge in [0, 0.05) is 25.2 Å². The van der Waals surface area contributed by atoms with Gasteiger partial charge in [-0.1, -0.05) is 23.7 Å². The standard InChI is InChI=1S/C17H26ClFN2O2/c1-5-21(16(22)23-17(2,3)4)11-7-10-20-12-13-8-6-9-14(18)15(13)19/h6,8-9,20H,5,7,10-12H2,1-4H3. The molecule has 1 N–H and O–H groups in total. The molecule has 0 bridgehead atoms. The molecule has 0 aliphatic rings. The van der Waals surface area contributed by atoms with Crippen molar-refractivity contribution in [2.75, 3.05) is 19.6 Å². The Labute approximate surface area is 142 Å². The molecule has 0 unspecified atom stereocenters. The fraction of sp³-hybridized carbons (Fsp3) is 0.588. The van der Waals surface area contributed by atoms with Gasteiger partial charge in [0.25, 0.3) is 0 Å². The summed E-state index contributed by atoms with van der Waals surface area (Å²) >= 11 is 5.74. The van der Waals surface area contributed by atoms with Crippen molar-refractivity contribution in [1.29, 1.82) is 0 Å². The molecule has 1 aromatic carbocycles. The first-order chi connectivity index (χ1) is 10.7. The fourth-order valence-electron chi connectivity index (χ4n) is 2.01. The maximum absolute atomic E-state index is 13.7. The lowest BCUT2D eigenvalue weighted by atomic mass is 10.2. The minimum Gasteiger partial charge on any atom is -0.444 e. The molecule has 0 aliphatic carbocycles. The Hall–Kier alpha value is -1.33. The largest absolute Gasteiger partial charge is 0.444 e. The number of rotatable bonds is 7. The predicted molar refractivity (Wildman–Crippen MR) is 91.2 cm³/mol. The zero-order chi connectivity index (χ0) is 17.5. The molecule has 1 aromatic rings. The third-order valence-electron chi connectivity index (χ3n) is 3.16. The van der Waals surface area contributed by atoms with Crippen LogP contribution in [0.5, 0.6) is 0 Å². The highest BCUT2D eigenvalue weighted by Crippen LogP contribution is 2.17. The van der Waals surface area contributed by atoms with Crippen LogP contribution in [0.15, 0.2) is 18.2 Å². The Balaban J connectivity index is 2.32. The fourth-order valence-corrected chi connectivity index (χ4v) is 2.20. The third-order valence-corrected chi connectivity index (χ3v) is 3.45. The molecular weight excluding hydrogens is 319 g/mol. The molecule has 0 radical (unpaired) electrons. The maximum atomic E-state index is 13.7. The topological polar surface area (TPSA) is 41.6 Å². The number of hydrogen-bond acceptors (Lipinski definition) is 3. The van der Waals surface area contributed by atoms with Crippen LogP contribution in [0.25, 0.3) is 0 Å². The van der Waals surface area contributed by atoms with Gasteiger partial charge in [0.1, 0.15) is 11.4 Å². The van der Waals surface area contributed by atoms with Crippen LogP contribution in [0.2, 0.25) is 5.02 Å². The van der Waals surface area contributed by atoms with E-state index in [9.17, 15) is 9.18 Å². The Morgan fingerprint density at radius 2 is 2.09 bits per heavy atom. The molecule has 1 rings (SSSR count). The van der Waals surface area contributed by atoms with E-state index in [1.165, 1.54) is 6.07 Å². The van der Waals surface area contributed by atoms with Crippen molar-refractivity contribution < 1.29 is 13.9 Å². The summed E-state index contributed by atoms with van der Waals surface area (Å²) in [4.78, 5) is 13.6. The van der Waals surface area contributed by atoms with E-state index in [0.29, 0.717) is 31.7 Å². The summed E-state index contributed by atoms with van der Waals surface area (Å²) in [7, 11) is 0.